The molecule has 1 aliphatic rings. The van der Waals surface area contributed by atoms with Gasteiger partial charge in [0.1, 0.15) is 11.7 Å². The number of alkyl halides is 6. The number of aromatic nitrogens is 1. The fourth-order valence-corrected chi connectivity index (χ4v) is 6.04. The van der Waals surface area contributed by atoms with E-state index in [9.17, 15) is 31.1 Å². The summed E-state index contributed by atoms with van der Waals surface area (Å²) in [6.45, 7) is 4.12. The maximum absolute atomic E-state index is 13.1. The normalized spacial score (nSPS) is 14.9. The molecule has 3 aromatic carbocycles. The van der Waals surface area contributed by atoms with E-state index >= 15 is 0 Å². The van der Waals surface area contributed by atoms with Crippen molar-refractivity contribution >= 4 is 33.7 Å². The summed E-state index contributed by atoms with van der Waals surface area (Å²) in [4.78, 5) is 28.4. The molecular formula is C37H44F6N4O2. The highest BCUT2D eigenvalue weighted by Gasteiger charge is 2.60. The molecule has 1 amide bonds. The summed E-state index contributed by atoms with van der Waals surface area (Å²) >= 11 is 0. The van der Waals surface area contributed by atoms with E-state index in [0.717, 1.165) is 29.8 Å². The number of nitrogens with one attached hydrogen (secondary N) is 1. The van der Waals surface area contributed by atoms with Crippen molar-refractivity contribution in [2.75, 3.05) is 46.8 Å². The van der Waals surface area contributed by atoms with Crippen LogP contribution in [0.4, 0.5) is 26.3 Å². The number of carbonyl (C=O) groups excluding carboxylic acids is 2. The van der Waals surface area contributed by atoms with Crippen molar-refractivity contribution in [1.82, 2.24) is 20.1 Å². The number of hydrogen-bond donors (Lipinski definition) is 1. The number of piperidine rings is 1. The van der Waals surface area contributed by atoms with Gasteiger partial charge in [-0.25, -0.2) is 0 Å². The summed E-state index contributed by atoms with van der Waals surface area (Å²) in [5.74, 6) is -1.15. The maximum Gasteiger partial charge on any atom is 0.403 e. The van der Waals surface area contributed by atoms with Crippen LogP contribution in [0.25, 0.3) is 32.8 Å². The van der Waals surface area contributed by atoms with Gasteiger partial charge in [-0.2, -0.15) is 26.3 Å². The van der Waals surface area contributed by atoms with Crippen molar-refractivity contribution in [3.05, 3.63) is 78.0 Å². The summed E-state index contributed by atoms with van der Waals surface area (Å²) in [7, 11) is 4.24. The molecule has 0 unspecified atom stereocenters. The fourth-order valence-electron chi connectivity index (χ4n) is 6.04. The SMILES string of the molecule is CC=O.CCNC(=O)C1(C(F)(F)F)CCN(CC(F)(F)F)CC1.Cc1cccc2c(-c3nccc4c(CCN(C)C)cccc34)cccc12. The number of benzene rings is 3. The van der Waals surface area contributed by atoms with E-state index in [1.54, 1.807) is 0 Å². The maximum atomic E-state index is 13.1. The van der Waals surface area contributed by atoms with Crippen LogP contribution in [0.5, 0.6) is 0 Å². The third-order valence-corrected chi connectivity index (χ3v) is 8.55. The van der Waals surface area contributed by atoms with Crippen LogP contribution >= 0.6 is 0 Å². The standard InChI is InChI=1S/C24H24N2.C11H16F6N2O.C2H4O/c1-17-7-4-10-21-19(17)9-6-12-23(21)24-22-11-5-8-18(14-16-26(2)3)20(22)13-15-25-24;1-2-18-8(20)9(11(15,16)17)3-5-19(6-4-9)7-10(12,13)14;1-2-3/h4-13,15H,14,16H2,1-3H3;2-7H2,1H3,(H,18,20);2H,1H3. The van der Waals surface area contributed by atoms with Crippen molar-refractivity contribution < 1.29 is 35.9 Å². The van der Waals surface area contributed by atoms with Crippen molar-refractivity contribution in [2.24, 2.45) is 5.41 Å². The fraction of sp³-hybridized carbons (Fsp3) is 0.432. The van der Waals surface area contributed by atoms with Crippen LogP contribution in [0, 0.1) is 12.3 Å². The zero-order valence-electron chi connectivity index (χ0n) is 28.5. The molecule has 2 heterocycles. The molecule has 1 saturated heterocycles. The van der Waals surface area contributed by atoms with E-state index in [1.165, 1.54) is 52.1 Å². The lowest BCUT2D eigenvalue weighted by molar-refractivity contribution is -0.235. The first kappa shape index (κ1) is 39.4. The number of aryl methyl sites for hydroxylation is 1. The molecule has 49 heavy (non-hydrogen) atoms. The minimum Gasteiger partial charge on any atom is -0.356 e. The number of rotatable bonds is 7. The average Bonchev–Trinajstić information content (AvgIpc) is 3.03. The van der Waals surface area contributed by atoms with E-state index in [-0.39, 0.29) is 6.54 Å². The first-order valence-electron chi connectivity index (χ1n) is 16.1. The highest BCUT2D eigenvalue weighted by atomic mass is 19.4. The molecule has 0 bridgehead atoms. The molecule has 1 fully saturated rings. The van der Waals surface area contributed by atoms with Crippen LogP contribution in [0.15, 0.2) is 66.9 Å². The number of likely N-dealkylation sites (tertiary alicyclic amines) is 1. The van der Waals surface area contributed by atoms with Gasteiger partial charge in [-0.05, 0) is 101 Å². The number of nitrogens with zero attached hydrogens (tertiary/aromatic N) is 3. The second-order valence-electron chi connectivity index (χ2n) is 12.3. The molecule has 0 aliphatic carbocycles. The Bertz CT molecular complexity index is 1700. The van der Waals surface area contributed by atoms with Gasteiger partial charge >= 0.3 is 12.4 Å². The van der Waals surface area contributed by atoms with E-state index in [0.29, 0.717) is 0 Å². The van der Waals surface area contributed by atoms with E-state index < -0.39 is 56.2 Å². The second-order valence-corrected chi connectivity index (χ2v) is 12.3. The summed E-state index contributed by atoms with van der Waals surface area (Å²) in [6.07, 6.45) is -6.79. The van der Waals surface area contributed by atoms with Gasteiger partial charge in [-0.15, -0.1) is 0 Å². The number of halogens is 6. The first-order valence-corrected chi connectivity index (χ1v) is 16.1. The minimum absolute atomic E-state index is 0.0446. The number of fused-ring (bicyclic) bond motifs is 2. The Balaban J connectivity index is 0.000000254. The van der Waals surface area contributed by atoms with Crippen LogP contribution in [-0.2, 0) is 16.0 Å². The summed E-state index contributed by atoms with van der Waals surface area (Å²) < 4.78 is 76.0. The first-order chi connectivity index (χ1) is 23.1. The predicted octanol–water partition coefficient (Wildman–Crippen LogP) is 8.00. The Hall–Kier alpha value is -4.03. The highest BCUT2D eigenvalue weighted by Crippen LogP contribution is 2.46. The molecule has 1 aliphatic heterocycles. The second kappa shape index (κ2) is 17.1. The van der Waals surface area contributed by atoms with Crippen LogP contribution in [0.3, 0.4) is 0 Å². The number of amides is 1. The van der Waals surface area contributed by atoms with Gasteiger partial charge in [-0.3, -0.25) is 14.7 Å². The summed E-state index contributed by atoms with van der Waals surface area (Å²) in [5.41, 5.74) is 2.39. The Morgan fingerprint density at radius 3 is 2.10 bits per heavy atom. The predicted molar refractivity (Wildman–Crippen MR) is 182 cm³/mol. The number of pyridine rings is 1. The number of hydrogen-bond acceptors (Lipinski definition) is 5. The van der Waals surface area contributed by atoms with E-state index in [4.69, 9.17) is 9.78 Å². The summed E-state index contributed by atoms with van der Waals surface area (Å²) in [6, 6.07) is 21.8. The quantitative estimate of drug-likeness (QED) is 0.157. The van der Waals surface area contributed by atoms with Gasteiger partial charge in [-0.1, -0.05) is 54.6 Å². The zero-order valence-corrected chi connectivity index (χ0v) is 28.5. The van der Waals surface area contributed by atoms with Gasteiger partial charge in [0, 0.05) is 30.2 Å². The lowest BCUT2D eigenvalue weighted by Gasteiger charge is -2.41. The molecule has 12 heteroatoms. The largest absolute Gasteiger partial charge is 0.403 e. The molecule has 5 rings (SSSR count). The third kappa shape index (κ3) is 10.0. The Labute approximate surface area is 283 Å². The molecular weight excluding hydrogens is 646 g/mol. The molecule has 266 valence electrons. The molecule has 4 aromatic rings. The molecule has 0 spiro atoms. The lowest BCUT2D eigenvalue weighted by atomic mass is 9.76. The molecule has 0 radical (unpaired) electrons. The molecule has 0 atom stereocenters. The number of aldehydes is 1. The van der Waals surface area contributed by atoms with Gasteiger partial charge in [0.2, 0.25) is 5.91 Å². The monoisotopic (exact) mass is 690 g/mol. The van der Waals surface area contributed by atoms with Crippen LogP contribution in [-0.4, -0.2) is 86.1 Å². The van der Waals surface area contributed by atoms with Gasteiger partial charge in [0.05, 0.1) is 12.2 Å². The smallest absolute Gasteiger partial charge is 0.356 e. The minimum atomic E-state index is -4.77. The molecule has 0 saturated carbocycles. The van der Waals surface area contributed by atoms with Crippen molar-refractivity contribution in [1.29, 1.82) is 0 Å². The lowest BCUT2D eigenvalue weighted by Crippen LogP contribution is -2.57. The molecule has 1 aromatic heterocycles. The topological polar surface area (TPSA) is 65.5 Å². The van der Waals surface area contributed by atoms with Gasteiger partial charge < -0.3 is 15.0 Å². The zero-order chi connectivity index (χ0) is 36.4. The van der Waals surface area contributed by atoms with Gasteiger partial charge in [0.25, 0.3) is 0 Å². The van der Waals surface area contributed by atoms with Gasteiger partial charge in [0.15, 0.2) is 0 Å². The van der Waals surface area contributed by atoms with Crippen LogP contribution in [0.2, 0.25) is 0 Å². The average molecular weight is 691 g/mol. The van der Waals surface area contributed by atoms with Crippen molar-refractivity contribution in [3.63, 3.8) is 0 Å². The third-order valence-electron chi connectivity index (χ3n) is 8.55. The Kier molecular flexibility index (Phi) is 13.7. The number of carbonyl (C=O) groups is 2. The highest BCUT2D eigenvalue weighted by molar-refractivity contribution is 6.05. The Morgan fingerprint density at radius 1 is 0.918 bits per heavy atom. The van der Waals surface area contributed by atoms with Crippen LogP contribution in [0.1, 0.15) is 37.8 Å². The number of likely N-dealkylation sites (N-methyl/N-ethyl adjacent to an activating group) is 1. The van der Waals surface area contributed by atoms with Crippen molar-refractivity contribution in [3.8, 4) is 11.3 Å². The molecule has 6 nitrogen and oxygen atoms in total. The van der Waals surface area contributed by atoms with Crippen LogP contribution < -0.4 is 5.32 Å². The van der Waals surface area contributed by atoms with Crippen molar-refractivity contribution in [2.45, 2.75) is 52.4 Å². The summed E-state index contributed by atoms with van der Waals surface area (Å²) in [5, 5.41) is 7.24. The van der Waals surface area contributed by atoms with E-state index in [2.05, 4.69) is 91.9 Å². The van der Waals surface area contributed by atoms with E-state index in [1.807, 2.05) is 6.20 Å². The Morgan fingerprint density at radius 2 is 1.51 bits per heavy atom. The molecule has 1 N–H and O–H groups in total.